The molecule has 0 radical (unpaired) electrons. The van der Waals surface area contributed by atoms with E-state index in [2.05, 4.69) is 40.3 Å². The standard InChI is InChI=1S/C21H28N4O2S/c1-15-5-4-6-17(11-15)13-25-10-8-22-21(27)18(25)12-20(26)24(3)9-7-19-16(2)23-14-28-19/h4-6,11,14,18H,7-10,12-13H2,1-3H3,(H,22,27). The van der Waals surface area contributed by atoms with Crippen molar-refractivity contribution in [1.82, 2.24) is 20.1 Å². The zero-order chi connectivity index (χ0) is 20.1. The maximum Gasteiger partial charge on any atom is 0.237 e. The van der Waals surface area contributed by atoms with Crippen molar-refractivity contribution < 1.29 is 9.59 Å². The minimum atomic E-state index is -0.422. The Bertz CT molecular complexity index is 835. The van der Waals surface area contributed by atoms with Crippen LogP contribution in [-0.2, 0) is 22.6 Å². The number of hydrogen-bond acceptors (Lipinski definition) is 5. The lowest BCUT2D eigenvalue weighted by Gasteiger charge is -2.35. The molecule has 1 aromatic heterocycles. The molecule has 6 nitrogen and oxygen atoms in total. The highest BCUT2D eigenvalue weighted by Gasteiger charge is 2.32. The number of benzene rings is 1. The highest BCUT2D eigenvalue weighted by molar-refractivity contribution is 7.09. The molecule has 0 spiro atoms. The van der Waals surface area contributed by atoms with Crippen LogP contribution in [-0.4, -0.2) is 59.3 Å². The van der Waals surface area contributed by atoms with Gasteiger partial charge in [0.1, 0.15) is 0 Å². The molecule has 28 heavy (non-hydrogen) atoms. The molecule has 1 atom stereocenters. The predicted octanol–water partition coefficient (Wildman–Crippen LogP) is 2.15. The van der Waals surface area contributed by atoms with Crippen LogP contribution in [0.5, 0.6) is 0 Å². The molecule has 0 bridgehead atoms. The third kappa shape index (κ3) is 5.17. The number of carbonyl (C=O) groups is 2. The first-order valence-corrected chi connectivity index (χ1v) is 10.5. The molecule has 1 saturated heterocycles. The number of aryl methyl sites for hydroxylation is 2. The van der Waals surface area contributed by atoms with Crippen molar-refractivity contribution in [1.29, 1.82) is 0 Å². The molecule has 150 valence electrons. The number of aromatic nitrogens is 1. The van der Waals surface area contributed by atoms with E-state index in [9.17, 15) is 9.59 Å². The predicted molar refractivity (Wildman–Crippen MR) is 111 cm³/mol. The highest BCUT2D eigenvalue weighted by atomic mass is 32.1. The first-order valence-electron chi connectivity index (χ1n) is 9.64. The fraction of sp³-hybridized carbons (Fsp3) is 0.476. The van der Waals surface area contributed by atoms with Crippen LogP contribution >= 0.6 is 11.3 Å². The van der Waals surface area contributed by atoms with Crippen LogP contribution in [0.15, 0.2) is 29.8 Å². The third-order valence-electron chi connectivity index (χ3n) is 5.22. The van der Waals surface area contributed by atoms with E-state index in [1.165, 1.54) is 16.0 Å². The lowest BCUT2D eigenvalue weighted by molar-refractivity contribution is -0.138. The third-order valence-corrected chi connectivity index (χ3v) is 6.22. The minimum absolute atomic E-state index is 0.00143. The Morgan fingerprint density at radius 2 is 2.21 bits per heavy atom. The van der Waals surface area contributed by atoms with Gasteiger partial charge in [0, 0.05) is 44.5 Å². The SMILES string of the molecule is Cc1cccc(CN2CCNC(=O)C2CC(=O)N(C)CCc2scnc2C)c1. The lowest BCUT2D eigenvalue weighted by atomic mass is 10.1. The summed E-state index contributed by atoms with van der Waals surface area (Å²) in [5, 5.41) is 2.91. The van der Waals surface area contributed by atoms with E-state index in [0.717, 1.165) is 18.7 Å². The Labute approximate surface area is 170 Å². The Balaban J connectivity index is 1.60. The molecule has 1 aromatic carbocycles. The number of likely N-dealkylation sites (N-methyl/N-ethyl adjacent to an activating group) is 1. The zero-order valence-electron chi connectivity index (χ0n) is 16.8. The fourth-order valence-corrected chi connectivity index (χ4v) is 4.27. The summed E-state index contributed by atoms with van der Waals surface area (Å²) in [6.07, 6.45) is 0.998. The van der Waals surface area contributed by atoms with Gasteiger partial charge in [-0.05, 0) is 19.4 Å². The quantitative estimate of drug-likeness (QED) is 0.773. The Morgan fingerprint density at radius 1 is 1.39 bits per heavy atom. The van der Waals surface area contributed by atoms with E-state index >= 15 is 0 Å². The largest absolute Gasteiger partial charge is 0.353 e. The van der Waals surface area contributed by atoms with Crippen molar-refractivity contribution in [3.05, 3.63) is 51.5 Å². The number of amides is 2. The summed E-state index contributed by atoms with van der Waals surface area (Å²) in [5.74, 6) is -0.0579. The molecule has 2 aromatic rings. The minimum Gasteiger partial charge on any atom is -0.353 e. The van der Waals surface area contributed by atoms with Gasteiger partial charge in [-0.3, -0.25) is 14.5 Å². The van der Waals surface area contributed by atoms with Crippen molar-refractivity contribution in [2.45, 2.75) is 39.3 Å². The lowest BCUT2D eigenvalue weighted by Crippen LogP contribution is -2.56. The normalized spacial score (nSPS) is 17.4. The smallest absolute Gasteiger partial charge is 0.237 e. The van der Waals surface area contributed by atoms with Crippen LogP contribution in [0.2, 0.25) is 0 Å². The summed E-state index contributed by atoms with van der Waals surface area (Å²) in [6, 6.07) is 7.88. The molecule has 1 unspecified atom stereocenters. The van der Waals surface area contributed by atoms with Crippen LogP contribution < -0.4 is 5.32 Å². The molecule has 2 amide bonds. The monoisotopic (exact) mass is 400 g/mol. The molecule has 7 heteroatoms. The molecule has 3 rings (SSSR count). The topological polar surface area (TPSA) is 65.5 Å². The second-order valence-electron chi connectivity index (χ2n) is 7.40. The number of hydrogen-bond donors (Lipinski definition) is 1. The summed E-state index contributed by atoms with van der Waals surface area (Å²) in [4.78, 5) is 34.5. The molecule has 2 heterocycles. The van der Waals surface area contributed by atoms with Gasteiger partial charge in [-0.2, -0.15) is 0 Å². The molecular weight excluding hydrogens is 372 g/mol. The molecular formula is C21H28N4O2S. The van der Waals surface area contributed by atoms with Gasteiger partial charge < -0.3 is 10.2 Å². The van der Waals surface area contributed by atoms with Crippen molar-refractivity contribution in [3.63, 3.8) is 0 Å². The van der Waals surface area contributed by atoms with Gasteiger partial charge in [0.25, 0.3) is 0 Å². The van der Waals surface area contributed by atoms with Gasteiger partial charge >= 0.3 is 0 Å². The maximum absolute atomic E-state index is 12.8. The molecule has 1 aliphatic heterocycles. The van der Waals surface area contributed by atoms with Crippen molar-refractivity contribution >= 4 is 23.2 Å². The summed E-state index contributed by atoms with van der Waals surface area (Å²) in [7, 11) is 1.81. The zero-order valence-corrected chi connectivity index (χ0v) is 17.6. The molecule has 1 N–H and O–H groups in total. The van der Waals surface area contributed by atoms with Crippen LogP contribution in [0.1, 0.15) is 28.1 Å². The molecule has 1 aliphatic rings. The number of nitrogens with one attached hydrogen (secondary N) is 1. The van der Waals surface area contributed by atoms with Crippen LogP contribution in [0.4, 0.5) is 0 Å². The number of carbonyl (C=O) groups excluding carboxylic acids is 2. The van der Waals surface area contributed by atoms with Crippen molar-refractivity contribution in [2.75, 3.05) is 26.7 Å². The van der Waals surface area contributed by atoms with E-state index in [4.69, 9.17) is 0 Å². The Kier molecular flexibility index (Phi) is 6.80. The summed E-state index contributed by atoms with van der Waals surface area (Å²) < 4.78 is 0. The second kappa shape index (κ2) is 9.30. The number of thiazole rings is 1. The van der Waals surface area contributed by atoms with Gasteiger partial charge in [0.2, 0.25) is 11.8 Å². The second-order valence-corrected chi connectivity index (χ2v) is 8.34. The van der Waals surface area contributed by atoms with E-state index in [1.807, 2.05) is 25.5 Å². The number of rotatable bonds is 7. The average molecular weight is 401 g/mol. The van der Waals surface area contributed by atoms with Crippen molar-refractivity contribution in [2.24, 2.45) is 0 Å². The van der Waals surface area contributed by atoms with E-state index in [-0.39, 0.29) is 18.2 Å². The van der Waals surface area contributed by atoms with Gasteiger partial charge in [-0.25, -0.2) is 4.98 Å². The average Bonchev–Trinajstić information content (AvgIpc) is 3.07. The summed E-state index contributed by atoms with van der Waals surface area (Å²) in [5.41, 5.74) is 5.23. The summed E-state index contributed by atoms with van der Waals surface area (Å²) >= 11 is 1.62. The molecule has 0 aliphatic carbocycles. The van der Waals surface area contributed by atoms with Gasteiger partial charge in [-0.1, -0.05) is 29.8 Å². The Morgan fingerprint density at radius 3 is 2.93 bits per heavy atom. The molecule has 0 saturated carbocycles. The summed E-state index contributed by atoms with van der Waals surface area (Å²) in [6.45, 7) is 6.73. The fourth-order valence-electron chi connectivity index (χ4n) is 3.50. The van der Waals surface area contributed by atoms with E-state index < -0.39 is 6.04 Å². The highest BCUT2D eigenvalue weighted by Crippen LogP contribution is 2.17. The van der Waals surface area contributed by atoms with Gasteiger partial charge in [-0.15, -0.1) is 11.3 Å². The van der Waals surface area contributed by atoms with E-state index in [1.54, 1.807) is 16.2 Å². The van der Waals surface area contributed by atoms with Crippen LogP contribution in [0.25, 0.3) is 0 Å². The van der Waals surface area contributed by atoms with Gasteiger partial charge in [0.05, 0.1) is 23.7 Å². The van der Waals surface area contributed by atoms with Gasteiger partial charge in [0.15, 0.2) is 0 Å². The molecule has 1 fully saturated rings. The van der Waals surface area contributed by atoms with Crippen LogP contribution in [0, 0.1) is 13.8 Å². The first kappa shape index (κ1) is 20.5. The first-order chi connectivity index (χ1) is 13.4. The van der Waals surface area contributed by atoms with E-state index in [0.29, 0.717) is 19.6 Å². The Hall–Kier alpha value is -2.25. The van der Waals surface area contributed by atoms with Crippen molar-refractivity contribution in [3.8, 4) is 0 Å². The number of nitrogens with zero attached hydrogens (tertiary/aromatic N) is 3. The number of piperazine rings is 1. The van der Waals surface area contributed by atoms with Crippen LogP contribution in [0.3, 0.4) is 0 Å². The maximum atomic E-state index is 12.8.